The van der Waals surface area contributed by atoms with Gasteiger partial charge >= 0.3 is 0 Å². The van der Waals surface area contributed by atoms with Crippen molar-refractivity contribution in [3.8, 4) is 0 Å². The van der Waals surface area contributed by atoms with Crippen molar-refractivity contribution in [2.24, 2.45) is 0 Å². The fraction of sp³-hybridized carbons (Fsp3) is 0.538. The molecule has 1 saturated carbocycles. The highest BCUT2D eigenvalue weighted by atomic mass is 79.9. The van der Waals surface area contributed by atoms with Gasteiger partial charge < -0.3 is 9.84 Å². The van der Waals surface area contributed by atoms with E-state index in [0.29, 0.717) is 12.0 Å². The summed E-state index contributed by atoms with van der Waals surface area (Å²) in [5, 5.41) is 10.7. The van der Waals surface area contributed by atoms with Crippen LogP contribution < -0.4 is 0 Å². The van der Waals surface area contributed by atoms with E-state index in [1.807, 2.05) is 0 Å². The van der Waals surface area contributed by atoms with Gasteiger partial charge in [0.2, 0.25) is 0 Å². The molecule has 17 heavy (non-hydrogen) atoms. The Morgan fingerprint density at radius 1 is 1.47 bits per heavy atom. The minimum Gasteiger partial charge on any atom is -0.382 e. The highest BCUT2D eigenvalue weighted by Gasteiger charge is 2.42. The maximum absolute atomic E-state index is 13.9. The molecule has 0 radical (unpaired) electrons. The maximum atomic E-state index is 13.9. The first kappa shape index (κ1) is 13.0. The van der Waals surface area contributed by atoms with Crippen molar-refractivity contribution in [3.05, 3.63) is 34.1 Å². The molecule has 0 spiro atoms. The lowest BCUT2D eigenvalue weighted by Crippen LogP contribution is -2.44. The molecule has 1 N–H and O–H groups in total. The first-order valence-corrected chi connectivity index (χ1v) is 6.58. The summed E-state index contributed by atoms with van der Waals surface area (Å²) in [4.78, 5) is 0. The van der Waals surface area contributed by atoms with Crippen LogP contribution in [0.2, 0.25) is 0 Å². The summed E-state index contributed by atoms with van der Waals surface area (Å²) in [6, 6.07) is 4.65. The summed E-state index contributed by atoms with van der Waals surface area (Å²) < 4.78 is 20.0. The molecule has 4 heteroatoms. The molecule has 1 aliphatic carbocycles. The minimum atomic E-state index is -1.21. The molecule has 2 unspecified atom stereocenters. The van der Waals surface area contributed by atoms with Crippen molar-refractivity contribution in [2.45, 2.75) is 37.4 Å². The third-order valence-corrected chi connectivity index (χ3v) is 3.98. The zero-order chi connectivity index (χ0) is 12.5. The number of ether oxygens (including phenoxy) is 1. The molecular formula is C13H16BrFO2. The van der Waals surface area contributed by atoms with Gasteiger partial charge in [-0.05, 0) is 31.0 Å². The fourth-order valence-corrected chi connectivity index (χ4v) is 2.94. The number of rotatable bonds is 2. The molecular weight excluding hydrogens is 287 g/mol. The zero-order valence-electron chi connectivity index (χ0n) is 9.75. The number of hydrogen-bond acceptors (Lipinski definition) is 2. The van der Waals surface area contributed by atoms with Gasteiger partial charge in [-0.25, -0.2) is 4.39 Å². The molecule has 1 aliphatic rings. The number of aliphatic hydroxyl groups is 1. The summed E-state index contributed by atoms with van der Waals surface area (Å²) in [5.41, 5.74) is -0.876. The van der Waals surface area contributed by atoms with Gasteiger partial charge in [0.15, 0.2) is 0 Å². The van der Waals surface area contributed by atoms with Crippen LogP contribution in [0.15, 0.2) is 22.7 Å². The van der Waals surface area contributed by atoms with E-state index >= 15 is 0 Å². The first-order chi connectivity index (χ1) is 8.08. The molecule has 2 nitrogen and oxygen atoms in total. The van der Waals surface area contributed by atoms with E-state index < -0.39 is 5.60 Å². The fourth-order valence-electron chi connectivity index (χ4n) is 2.57. The highest BCUT2D eigenvalue weighted by molar-refractivity contribution is 9.10. The Bertz CT molecular complexity index is 410. The Hall–Kier alpha value is -0.450. The second-order valence-electron chi connectivity index (χ2n) is 4.52. The standard InChI is InChI=1S/C13H16BrFO2/c1-17-12-4-2-3-7-13(12,16)10-8-9(14)5-6-11(10)15/h5-6,8,12,16H,2-4,7H2,1H3. The second-order valence-corrected chi connectivity index (χ2v) is 5.43. The molecule has 0 bridgehead atoms. The zero-order valence-corrected chi connectivity index (χ0v) is 11.3. The smallest absolute Gasteiger partial charge is 0.129 e. The monoisotopic (exact) mass is 302 g/mol. The average molecular weight is 303 g/mol. The van der Waals surface area contributed by atoms with Gasteiger partial charge in [-0.15, -0.1) is 0 Å². The van der Waals surface area contributed by atoms with Crippen LogP contribution in [0.3, 0.4) is 0 Å². The van der Waals surface area contributed by atoms with E-state index in [0.717, 1.165) is 23.7 Å². The summed E-state index contributed by atoms with van der Waals surface area (Å²) >= 11 is 3.31. The van der Waals surface area contributed by atoms with Crippen LogP contribution in [0.1, 0.15) is 31.2 Å². The van der Waals surface area contributed by atoms with E-state index in [1.54, 1.807) is 19.2 Å². The first-order valence-electron chi connectivity index (χ1n) is 5.78. The molecule has 0 amide bonds. The normalized spacial score (nSPS) is 29.3. The van der Waals surface area contributed by atoms with Crippen LogP contribution in [-0.4, -0.2) is 18.3 Å². The summed E-state index contributed by atoms with van der Waals surface area (Å²) in [6.45, 7) is 0. The molecule has 0 saturated heterocycles. The molecule has 2 atom stereocenters. The molecule has 1 fully saturated rings. The molecule has 1 aromatic rings. The number of methoxy groups -OCH3 is 1. The van der Waals surface area contributed by atoms with Crippen molar-refractivity contribution in [3.63, 3.8) is 0 Å². The van der Waals surface area contributed by atoms with E-state index in [-0.39, 0.29) is 11.9 Å². The average Bonchev–Trinajstić information content (AvgIpc) is 2.33. The lowest BCUT2D eigenvalue weighted by Gasteiger charge is -2.39. The summed E-state index contributed by atoms with van der Waals surface area (Å²) in [6.07, 6.45) is 2.87. The predicted molar refractivity (Wildman–Crippen MR) is 67.3 cm³/mol. The van der Waals surface area contributed by atoms with Gasteiger partial charge in [-0.2, -0.15) is 0 Å². The van der Waals surface area contributed by atoms with Crippen LogP contribution in [0.5, 0.6) is 0 Å². The number of halogens is 2. The Kier molecular flexibility index (Phi) is 3.85. The van der Waals surface area contributed by atoms with E-state index in [2.05, 4.69) is 15.9 Å². The van der Waals surface area contributed by atoms with Crippen LogP contribution >= 0.6 is 15.9 Å². The van der Waals surface area contributed by atoms with Gasteiger partial charge in [0.1, 0.15) is 11.4 Å². The van der Waals surface area contributed by atoms with Gasteiger partial charge in [-0.1, -0.05) is 28.8 Å². The van der Waals surface area contributed by atoms with Crippen molar-refractivity contribution >= 4 is 15.9 Å². The van der Waals surface area contributed by atoms with Gasteiger partial charge in [-0.3, -0.25) is 0 Å². The van der Waals surface area contributed by atoms with Crippen molar-refractivity contribution in [2.75, 3.05) is 7.11 Å². The molecule has 2 rings (SSSR count). The van der Waals surface area contributed by atoms with Crippen LogP contribution in [-0.2, 0) is 10.3 Å². The molecule has 0 heterocycles. The summed E-state index contributed by atoms with van der Waals surface area (Å²) in [7, 11) is 1.57. The van der Waals surface area contributed by atoms with Crippen LogP contribution in [0.25, 0.3) is 0 Å². The van der Waals surface area contributed by atoms with Crippen molar-refractivity contribution in [1.29, 1.82) is 0 Å². The lowest BCUT2D eigenvalue weighted by molar-refractivity contribution is -0.124. The van der Waals surface area contributed by atoms with E-state index in [9.17, 15) is 9.50 Å². The minimum absolute atomic E-state index is 0.332. The molecule has 0 aromatic heterocycles. The molecule has 0 aliphatic heterocycles. The van der Waals surface area contributed by atoms with Gasteiger partial charge in [0, 0.05) is 17.1 Å². The predicted octanol–water partition coefficient (Wildman–Crippen LogP) is 3.36. The van der Waals surface area contributed by atoms with Crippen molar-refractivity contribution < 1.29 is 14.2 Å². The summed E-state index contributed by atoms with van der Waals surface area (Å²) in [5.74, 6) is -0.375. The number of hydrogen-bond donors (Lipinski definition) is 1. The maximum Gasteiger partial charge on any atom is 0.129 e. The third kappa shape index (κ3) is 2.39. The van der Waals surface area contributed by atoms with Crippen LogP contribution in [0.4, 0.5) is 4.39 Å². The Balaban J connectivity index is 2.44. The lowest BCUT2D eigenvalue weighted by atomic mass is 9.77. The van der Waals surface area contributed by atoms with Gasteiger partial charge in [0.05, 0.1) is 6.10 Å². The topological polar surface area (TPSA) is 29.5 Å². The number of benzene rings is 1. The Morgan fingerprint density at radius 2 is 2.24 bits per heavy atom. The Morgan fingerprint density at radius 3 is 2.94 bits per heavy atom. The van der Waals surface area contributed by atoms with Crippen molar-refractivity contribution in [1.82, 2.24) is 0 Å². The second kappa shape index (κ2) is 5.04. The SMILES string of the molecule is COC1CCCCC1(O)c1cc(Br)ccc1F. The largest absolute Gasteiger partial charge is 0.382 e. The van der Waals surface area contributed by atoms with Gasteiger partial charge in [0.25, 0.3) is 0 Å². The quantitative estimate of drug-likeness (QED) is 0.908. The van der Waals surface area contributed by atoms with E-state index in [4.69, 9.17) is 4.74 Å². The highest BCUT2D eigenvalue weighted by Crippen LogP contribution is 2.40. The van der Waals surface area contributed by atoms with Crippen LogP contribution in [0, 0.1) is 5.82 Å². The Labute approximate surface area is 109 Å². The molecule has 1 aromatic carbocycles. The molecule has 94 valence electrons. The van der Waals surface area contributed by atoms with E-state index in [1.165, 1.54) is 6.07 Å². The third-order valence-electron chi connectivity index (χ3n) is 3.49.